The fourth-order valence-electron chi connectivity index (χ4n) is 1.18. The van der Waals surface area contributed by atoms with Crippen LogP contribution in [-0.2, 0) is 0 Å². The van der Waals surface area contributed by atoms with Gasteiger partial charge in [0, 0.05) is 6.20 Å². The molecular weight excluding hydrogens is 206 g/mol. The summed E-state index contributed by atoms with van der Waals surface area (Å²) < 4.78 is 0. The van der Waals surface area contributed by atoms with E-state index >= 15 is 0 Å². The van der Waals surface area contributed by atoms with Crippen molar-refractivity contribution < 1.29 is 5.11 Å². The summed E-state index contributed by atoms with van der Waals surface area (Å²) in [5.41, 5.74) is -0.0535. The van der Waals surface area contributed by atoms with E-state index in [-0.39, 0.29) is 5.82 Å². The van der Waals surface area contributed by atoms with Crippen LogP contribution < -0.4 is 10.8 Å². The van der Waals surface area contributed by atoms with Crippen molar-refractivity contribution in [1.29, 1.82) is 0 Å². The first kappa shape index (κ1) is 10.1. The number of nitrogens with one attached hydrogen (secondary N) is 1. The molecule has 0 aliphatic heterocycles. The van der Waals surface area contributed by atoms with Crippen molar-refractivity contribution in [2.75, 3.05) is 0 Å². The van der Waals surface area contributed by atoms with Crippen LogP contribution in [0.5, 0.6) is 0 Å². The summed E-state index contributed by atoms with van der Waals surface area (Å²) in [6.45, 7) is 0. The maximum atomic E-state index is 11.6. The van der Waals surface area contributed by atoms with Gasteiger partial charge in [-0.05, 0) is 17.5 Å². The van der Waals surface area contributed by atoms with Gasteiger partial charge in [0.2, 0.25) is 0 Å². The van der Waals surface area contributed by atoms with Gasteiger partial charge in [-0.15, -0.1) is 0 Å². The lowest BCUT2D eigenvalue weighted by atomic mass is 10.2. The molecule has 0 aliphatic rings. The van der Waals surface area contributed by atoms with E-state index in [1.165, 1.54) is 12.3 Å². The van der Waals surface area contributed by atoms with Crippen LogP contribution in [0.1, 0.15) is 5.56 Å². The monoisotopic (exact) mass is 214 g/mol. The third kappa shape index (κ3) is 2.33. The molecule has 2 aromatic rings. The van der Waals surface area contributed by atoms with Crippen molar-refractivity contribution in [1.82, 2.24) is 9.97 Å². The molecule has 80 valence electrons. The molecule has 0 atom stereocenters. The van der Waals surface area contributed by atoms with Gasteiger partial charge in [0.15, 0.2) is 0 Å². The van der Waals surface area contributed by atoms with Crippen molar-refractivity contribution >= 4 is 11.7 Å². The van der Waals surface area contributed by atoms with Crippen LogP contribution in [0.2, 0.25) is 0 Å². The predicted molar refractivity (Wildman–Crippen MR) is 57.5 cm³/mol. The van der Waals surface area contributed by atoms with E-state index in [0.717, 1.165) is 0 Å². The molecule has 0 spiro atoms. The van der Waals surface area contributed by atoms with E-state index in [9.17, 15) is 9.90 Å². The number of rotatable bonds is 2. The van der Waals surface area contributed by atoms with E-state index in [4.69, 9.17) is 0 Å². The number of aromatic nitrogens is 2. The van der Waals surface area contributed by atoms with Gasteiger partial charge < -0.3 is 5.11 Å². The minimum atomic E-state index is -0.526. The van der Waals surface area contributed by atoms with Crippen LogP contribution in [0, 0.1) is 0 Å². The van der Waals surface area contributed by atoms with Gasteiger partial charge in [-0.1, -0.05) is 30.3 Å². The Morgan fingerprint density at radius 3 is 2.69 bits per heavy atom. The molecule has 0 radical (unpaired) electrons. The molecule has 1 aromatic carbocycles. The Hall–Kier alpha value is -2.43. The second-order valence-corrected chi connectivity index (χ2v) is 3.04. The number of aliphatic imine (C=N–C) groups is 1. The van der Waals surface area contributed by atoms with Crippen LogP contribution in [0.25, 0.3) is 0 Å². The first-order valence-electron chi connectivity index (χ1n) is 4.62. The average molecular weight is 214 g/mol. The van der Waals surface area contributed by atoms with Crippen LogP contribution in [0.15, 0.2) is 52.4 Å². The molecule has 16 heavy (non-hydrogen) atoms. The van der Waals surface area contributed by atoms with Crippen LogP contribution >= 0.6 is 0 Å². The summed E-state index contributed by atoms with van der Waals surface area (Å²) in [6.07, 6.45) is 1.30. The summed E-state index contributed by atoms with van der Waals surface area (Å²) in [6, 6.07) is 10.1. The molecule has 0 bridgehead atoms. The zero-order chi connectivity index (χ0) is 11.4. The highest BCUT2D eigenvalue weighted by atomic mass is 16.3. The Bertz CT molecular complexity index is 561. The van der Waals surface area contributed by atoms with Crippen molar-refractivity contribution in [2.24, 2.45) is 4.99 Å². The summed E-state index contributed by atoms with van der Waals surface area (Å²) >= 11 is 0. The van der Waals surface area contributed by atoms with Crippen LogP contribution in [-0.4, -0.2) is 15.9 Å². The molecule has 1 aromatic heterocycles. The Morgan fingerprint density at radius 2 is 2.00 bits per heavy atom. The molecule has 0 unspecified atom stereocenters. The largest absolute Gasteiger partial charge is 0.858 e. The summed E-state index contributed by atoms with van der Waals surface area (Å²) in [5.74, 6) is -0.198. The second kappa shape index (κ2) is 4.39. The molecule has 2 rings (SSSR count). The van der Waals surface area contributed by atoms with Crippen molar-refractivity contribution in [2.45, 2.75) is 0 Å². The third-order valence-electron chi connectivity index (χ3n) is 1.90. The highest BCUT2D eigenvalue weighted by molar-refractivity contribution is 5.91. The maximum absolute atomic E-state index is 11.6. The zero-order valence-electron chi connectivity index (χ0n) is 8.25. The standard InChI is InChI=1S/C11H9N3O2/c15-10(8-4-2-1-3-5-8)13-9-6-7-12-11(16)14-9/h1-7H,(H2,12,13,14,15,16)/p-1. The third-order valence-corrected chi connectivity index (χ3v) is 1.90. The molecule has 5 heteroatoms. The average Bonchev–Trinajstić information content (AvgIpc) is 2.30. The lowest BCUT2D eigenvalue weighted by molar-refractivity contribution is -0.212. The molecule has 0 saturated carbocycles. The van der Waals surface area contributed by atoms with Gasteiger partial charge in [-0.25, -0.2) is 14.8 Å². The number of benzene rings is 1. The van der Waals surface area contributed by atoms with Crippen LogP contribution in [0.4, 0.5) is 5.82 Å². The Balaban J connectivity index is 2.35. The normalized spacial score (nSPS) is 11.4. The van der Waals surface area contributed by atoms with E-state index in [2.05, 4.69) is 15.0 Å². The van der Waals surface area contributed by atoms with Crippen molar-refractivity contribution in [3.63, 3.8) is 0 Å². The molecule has 0 aliphatic carbocycles. The van der Waals surface area contributed by atoms with Gasteiger partial charge in [0.05, 0.1) is 0 Å². The lowest BCUT2D eigenvalue weighted by Gasteiger charge is -2.09. The van der Waals surface area contributed by atoms with Crippen molar-refractivity contribution in [3.05, 3.63) is 58.6 Å². The number of nitrogens with zero attached hydrogens (tertiary/aromatic N) is 2. The Kier molecular flexibility index (Phi) is 2.77. The van der Waals surface area contributed by atoms with E-state index < -0.39 is 11.6 Å². The van der Waals surface area contributed by atoms with Gasteiger partial charge in [-0.2, -0.15) is 0 Å². The zero-order valence-corrected chi connectivity index (χ0v) is 8.25. The molecular formula is C11H8N3O2-. The molecule has 0 fully saturated rings. The van der Waals surface area contributed by atoms with Gasteiger partial charge >= 0.3 is 5.69 Å². The van der Waals surface area contributed by atoms with E-state index in [1.54, 1.807) is 24.3 Å². The Labute approximate surface area is 91.1 Å². The van der Waals surface area contributed by atoms with E-state index in [0.29, 0.717) is 5.56 Å². The van der Waals surface area contributed by atoms with E-state index in [1.807, 2.05) is 6.07 Å². The molecule has 1 N–H and O–H groups in total. The number of aromatic amines is 1. The first-order valence-corrected chi connectivity index (χ1v) is 4.62. The summed E-state index contributed by atoms with van der Waals surface area (Å²) in [7, 11) is 0. The minimum absolute atomic E-state index is 0.203. The quantitative estimate of drug-likeness (QED) is 0.573. The molecule has 5 nitrogen and oxygen atoms in total. The highest BCUT2D eigenvalue weighted by Crippen LogP contribution is 2.05. The molecule has 1 heterocycles. The molecule has 0 saturated heterocycles. The summed E-state index contributed by atoms with van der Waals surface area (Å²) in [5, 5.41) is 11.6. The SMILES string of the molecule is O=c1nccc(N=C([O-])c2ccccc2)[nH]1. The lowest BCUT2D eigenvalue weighted by Crippen LogP contribution is -2.18. The van der Waals surface area contributed by atoms with Crippen molar-refractivity contribution in [3.8, 4) is 0 Å². The minimum Gasteiger partial charge on any atom is -0.858 e. The fourth-order valence-corrected chi connectivity index (χ4v) is 1.18. The predicted octanol–water partition coefficient (Wildman–Crippen LogP) is 0.208. The smallest absolute Gasteiger partial charge is 0.346 e. The first-order chi connectivity index (χ1) is 7.75. The summed E-state index contributed by atoms with van der Waals surface area (Å²) in [4.78, 5) is 20.4. The van der Waals surface area contributed by atoms with Gasteiger partial charge in [0.25, 0.3) is 0 Å². The number of hydrogen-bond acceptors (Lipinski definition) is 4. The molecule has 0 amide bonds. The number of H-pyrrole nitrogens is 1. The van der Waals surface area contributed by atoms with Crippen LogP contribution in [0.3, 0.4) is 0 Å². The maximum Gasteiger partial charge on any atom is 0.346 e. The second-order valence-electron chi connectivity index (χ2n) is 3.04. The fraction of sp³-hybridized carbons (Fsp3) is 0. The topological polar surface area (TPSA) is 81.2 Å². The Morgan fingerprint density at radius 1 is 1.25 bits per heavy atom. The number of hydrogen-bond donors (Lipinski definition) is 1. The van der Waals surface area contributed by atoms with Gasteiger partial charge in [-0.3, -0.25) is 4.98 Å². The highest BCUT2D eigenvalue weighted by Gasteiger charge is 1.92. The van der Waals surface area contributed by atoms with Gasteiger partial charge in [0.1, 0.15) is 5.82 Å².